The van der Waals surface area contributed by atoms with Crippen LogP contribution < -0.4 is 0 Å². The highest BCUT2D eigenvalue weighted by Crippen LogP contribution is 2.39. The quantitative estimate of drug-likeness (QED) is 0.506. The van der Waals surface area contributed by atoms with Gasteiger partial charge in [0.05, 0.1) is 13.2 Å². The van der Waals surface area contributed by atoms with Gasteiger partial charge in [-0.3, -0.25) is 4.79 Å². The summed E-state index contributed by atoms with van der Waals surface area (Å²) >= 11 is 3.37. The number of carbonyl (C=O) groups is 1. The van der Waals surface area contributed by atoms with Gasteiger partial charge in [0.15, 0.2) is 4.32 Å². The Balaban J connectivity index is 2.24. The summed E-state index contributed by atoms with van der Waals surface area (Å²) in [7, 11) is 0. The third kappa shape index (κ3) is 1.05. The van der Waals surface area contributed by atoms with Crippen molar-refractivity contribution in [2.75, 3.05) is 13.2 Å². The summed E-state index contributed by atoms with van der Waals surface area (Å²) in [5.41, 5.74) is 0. The summed E-state index contributed by atoms with van der Waals surface area (Å²) < 4.78 is 9.52. The number of esters is 1. The lowest BCUT2D eigenvalue weighted by atomic mass is 10.1. The molecular formula is C8H9BrO3. The highest BCUT2D eigenvalue weighted by Gasteiger charge is 2.47. The van der Waals surface area contributed by atoms with E-state index in [1.165, 1.54) is 0 Å². The Morgan fingerprint density at radius 1 is 1.42 bits per heavy atom. The summed E-state index contributed by atoms with van der Waals surface area (Å²) in [5.74, 6) is 0.501. The van der Waals surface area contributed by atoms with Crippen LogP contribution in [-0.4, -0.2) is 23.5 Å². The summed E-state index contributed by atoms with van der Waals surface area (Å²) in [6, 6.07) is 0. The van der Waals surface area contributed by atoms with Crippen molar-refractivity contribution >= 4 is 21.9 Å². The smallest absolute Gasteiger partial charge is 0.330 e. The SMILES string of the molecule is O=C1OCCC1(Br)C1=CCCO1. The first-order valence-corrected chi connectivity index (χ1v) is 4.72. The van der Waals surface area contributed by atoms with Crippen LogP contribution in [0.25, 0.3) is 0 Å². The third-order valence-electron chi connectivity index (χ3n) is 2.10. The molecule has 12 heavy (non-hydrogen) atoms. The fourth-order valence-corrected chi connectivity index (χ4v) is 1.97. The van der Waals surface area contributed by atoms with Gasteiger partial charge in [-0.05, 0) is 6.08 Å². The van der Waals surface area contributed by atoms with E-state index in [2.05, 4.69) is 15.9 Å². The maximum absolute atomic E-state index is 11.3. The molecule has 4 heteroatoms. The topological polar surface area (TPSA) is 35.5 Å². The average molecular weight is 233 g/mol. The van der Waals surface area contributed by atoms with Gasteiger partial charge in [-0.15, -0.1) is 0 Å². The van der Waals surface area contributed by atoms with Crippen molar-refractivity contribution in [3.8, 4) is 0 Å². The van der Waals surface area contributed by atoms with Gasteiger partial charge in [-0.1, -0.05) is 15.9 Å². The molecule has 0 N–H and O–H groups in total. The fraction of sp³-hybridized carbons (Fsp3) is 0.625. The molecule has 2 aliphatic heterocycles. The molecule has 0 saturated carbocycles. The summed E-state index contributed by atoms with van der Waals surface area (Å²) in [6.07, 6.45) is 3.50. The molecule has 0 aromatic heterocycles. The van der Waals surface area contributed by atoms with Crippen LogP contribution in [0, 0.1) is 0 Å². The molecule has 0 aromatic rings. The molecule has 2 rings (SSSR count). The normalized spacial score (nSPS) is 34.4. The van der Waals surface area contributed by atoms with Gasteiger partial charge in [0.1, 0.15) is 5.76 Å². The Hall–Kier alpha value is -0.510. The van der Waals surface area contributed by atoms with Crippen molar-refractivity contribution in [3.05, 3.63) is 11.8 Å². The molecule has 0 bridgehead atoms. The van der Waals surface area contributed by atoms with Crippen LogP contribution in [0.3, 0.4) is 0 Å². The molecule has 2 aliphatic rings. The number of carbonyl (C=O) groups excluding carboxylic acids is 1. The highest BCUT2D eigenvalue weighted by molar-refractivity contribution is 9.10. The Kier molecular flexibility index (Phi) is 1.87. The Morgan fingerprint density at radius 3 is 2.75 bits per heavy atom. The predicted molar refractivity (Wildman–Crippen MR) is 45.9 cm³/mol. The molecular weight excluding hydrogens is 224 g/mol. The van der Waals surface area contributed by atoms with Gasteiger partial charge in [-0.25, -0.2) is 0 Å². The van der Waals surface area contributed by atoms with Crippen molar-refractivity contribution in [2.45, 2.75) is 17.2 Å². The average Bonchev–Trinajstić information content (AvgIpc) is 2.62. The van der Waals surface area contributed by atoms with Crippen LogP contribution in [0.4, 0.5) is 0 Å². The Bertz CT molecular complexity index is 249. The molecule has 3 nitrogen and oxygen atoms in total. The molecule has 1 saturated heterocycles. The molecule has 0 amide bonds. The minimum absolute atomic E-state index is 0.226. The summed E-state index contributed by atoms with van der Waals surface area (Å²) in [6.45, 7) is 1.15. The lowest BCUT2D eigenvalue weighted by molar-refractivity contribution is -0.139. The second kappa shape index (κ2) is 2.76. The highest BCUT2D eigenvalue weighted by atomic mass is 79.9. The lowest BCUT2D eigenvalue weighted by Gasteiger charge is -2.17. The van der Waals surface area contributed by atoms with E-state index < -0.39 is 4.32 Å². The zero-order valence-electron chi connectivity index (χ0n) is 6.51. The van der Waals surface area contributed by atoms with Gasteiger partial charge >= 0.3 is 5.97 Å². The Morgan fingerprint density at radius 2 is 2.25 bits per heavy atom. The lowest BCUT2D eigenvalue weighted by Crippen LogP contribution is -2.29. The van der Waals surface area contributed by atoms with E-state index in [4.69, 9.17) is 9.47 Å². The minimum Gasteiger partial charge on any atom is -0.496 e. The molecule has 1 unspecified atom stereocenters. The monoisotopic (exact) mass is 232 g/mol. The Labute approximate surface area is 78.8 Å². The van der Waals surface area contributed by atoms with E-state index in [0.29, 0.717) is 19.6 Å². The van der Waals surface area contributed by atoms with Gasteiger partial charge < -0.3 is 9.47 Å². The number of alkyl halides is 1. The number of hydrogen-bond acceptors (Lipinski definition) is 3. The minimum atomic E-state index is -0.677. The van der Waals surface area contributed by atoms with Gasteiger partial charge in [0.25, 0.3) is 0 Å². The van der Waals surface area contributed by atoms with Crippen molar-refractivity contribution in [1.82, 2.24) is 0 Å². The van der Waals surface area contributed by atoms with E-state index >= 15 is 0 Å². The van der Waals surface area contributed by atoms with Crippen LogP contribution in [0.15, 0.2) is 11.8 Å². The third-order valence-corrected chi connectivity index (χ3v) is 3.21. The van der Waals surface area contributed by atoms with E-state index in [0.717, 1.165) is 12.2 Å². The molecule has 66 valence electrons. The maximum atomic E-state index is 11.3. The molecule has 1 fully saturated rings. The summed E-state index contributed by atoms with van der Waals surface area (Å²) in [5, 5.41) is 0. The zero-order chi connectivity index (χ0) is 8.60. The van der Waals surface area contributed by atoms with Crippen molar-refractivity contribution in [3.63, 3.8) is 0 Å². The number of hydrogen-bond donors (Lipinski definition) is 0. The number of cyclic esters (lactones) is 1. The van der Waals surface area contributed by atoms with Crippen LogP contribution >= 0.6 is 15.9 Å². The van der Waals surface area contributed by atoms with Crippen LogP contribution in [-0.2, 0) is 14.3 Å². The standard InChI is InChI=1S/C8H9BrO3/c9-8(3-5-12-7(8)10)6-2-1-4-11-6/h2H,1,3-5H2. The van der Waals surface area contributed by atoms with Crippen LogP contribution in [0.2, 0.25) is 0 Å². The first-order chi connectivity index (χ1) is 5.73. The maximum Gasteiger partial charge on any atom is 0.330 e. The zero-order valence-corrected chi connectivity index (χ0v) is 8.09. The van der Waals surface area contributed by atoms with Crippen molar-refractivity contribution < 1.29 is 14.3 Å². The largest absolute Gasteiger partial charge is 0.496 e. The predicted octanol–water partition coefficient (Wildman–Crippen LogP) is 1.37. The second-order valence-electron chi connectivity index (χ2n) is 2.89. The molecule has 0 radical (unpaired) electrons. The first kappa shape index (κ1) is 8.10. The van der Waals surface area contributed by atoms with Crippen molar-refractivity contribution in [2.24, 2.45) is 0 Å². The molecule has 1 atom stereocenters. The van der Waals surface area contributed by atoms with Gasteiger partial charge in [0.2, 0.25) is 0 Å². The van der Waals surface area contributed by atoms with E-state index in [9.17, 15) is 4.79 Å². The first-order valence-electron chi connectivity index (χ1n) is 3.93. The van der Waals surface area contributed by atoms with Gasteiger partial charge in [0, 0.05) is 12.8 Å². The molecule has 0 aromatic carbocycles. The van der Waals surface area contributed by atoms with E-state index in [-0.39, 0.29) is 5.97 Å². The number of rotatable bonds is 1. The fourth-order valence-electron chi connectivity index (χ4n) is 1.42. The van der Waals surface area contributed by atoms with E-state index in [1.807, 2.05) is 6.08 Å². The summed E-state index contributed by atoms with van der Waals surface area (Å²) in [4.78, 5) is 11.3. The number of ether oxygens (including phenoxy) is 2. The molecule has 0 aliphatic carbocycles. The van der Waals surface area contributed by atoms with E-state index in [1.54, 1.807) is 0 Å². The van der Waals surface area contributed by atoms with Crippen LogP contribution in [0.5, 0.6) is 0 Å². The van der Waals surface area contributed by atoms with Crippen LogP contribution in [0.1, 0.15) is 12.8 Å². The van der Waals surface area contributed by atoms with Crippen molar-refractivity contribution in [1.29, 1.82) is 0 Å². The van der Waals surface area contributed by atoms with Gasteiger partial charge in [-0.2, -0.15) is 0 Å². The number of halogens is 1. The molecule has 2 heterocycles. The molecule has 0 spiro atoms. The second-order valence-corrected chi connectivity index (χ2v) is 4.25.